The Balaban J connectivity index is 3.09. The second-order valence-corrected chi connectivity index (χ2v) is 4.45. The lowest BCUT2D eigenvalue weighted by Crippen LogP contribution is -2.30. The fraction of sp³-hybridized carbons (Fsp3) is 1.00. The lowest BCUT2D eigenvalue weighted by atomic mass is 10.1. The van der Waals surface area contributed by atoms with Gasteiger partial charge in [-0.2, -0.15) is 0 Å². The number of ether oxygens (including phenoxy) is 1. The van der Waals surface area contributed by atoms with Gasteiger partial charge in [0.15, 0.2) is 0 Å². The van der Waals surface area contributed by atoms with E-state index in [4.69, 9.17) is 4.74 Å². The summed E-state index contributed by atoms with van der Waals surface area (Å²) >= 11 is 0. The molecule has 0 heterocycles. The Bertz CT molecular complexity index is 129. The molecule has 2 N–H and O–H groups in total. The summed E-state index contributed by atoms with van der Waals surface area (Å²) in [5, 5.41) is 12.7. The minimum atomic E-state index is -0.222. The van der Waals surface area contributed by atoms with Crippen molar-refractivity contribution in [3.05, 3.63) is 0 Å². The fourth-order valence-corrected chi connectivity index (χ4v) is 1.39. The first kappa shape index (κ1) is 14.9. The van der Waals surface area contributed by atoms with Gasteiger partial charge in [0.1, 0.15) is 0 Å². The topological polar surface area (TPSA) is 41.5 Å². The van der Waals surface area contributed by atoms with Crippen LogP contribution in [-0.4, -0.2) is 37.5 Å². The maximum absolute atomic E-state index is 9.56. The maximum atomic E-state index is 9.56. The van der Waals surface area contributed by atoms with E-state index in [0.717, 1.165) is 32.6 Å². The molecule has 0 saturated carbocycles. The first-order chi connectivity index (χ1) is 7.16. The third-order valence-electron chi connectivity index (χ3n) is 2.19. The Morgan fingerprint density at radius 1 is 1.27 bits per heavy atom. The summed E-state index contributed by atoms with van der Waals surface area (Å²) in [4.78, 5) is 0. The van der Waals surface area contributed by atoms with E-state index in [9.17, 15) is 5.11 Å². The minimum Gasteiger partial charge on any atom is -0.392 e. The third kappa shape index (κ3) is 11.8. The predicted octanol–water partition coefficient (Wildman–Crippen LogP) is 1.80. The zero-order chi connectivity index (χ0) is 11.5. The Hall–Kier alpha value is -0.120. The van der Waals surface area contributed by atoms with E-state index in [-0.39, 0.29) is 6.10 Å². The normalized spacial score (nSPS) is 13.4. The van der Waals surface area contributed by atoms with Crippen molar-refractivity contribution in [3.63, 3.8) is 0 Å². The van der Waals surface area contributed by atoms with Gasteiger partial charge in [-0.1, -0.05) is 27.2 Å². The first-order valence-corrected chi connectivity index (χ1v) is 6.13. The third-order valence-corrected chi connectivity index (χ3v) is 2.19. The van der Waals surface area contributed by atoms with Crippen molar-refractivity contribution in [2.24, 2.45) is 5.92 Å². The molecule has 1 unspecified atom stereocenters. The van der Waals surface area contributed by atoms with Crippen molar-refractivity contribution in [3.8, 4) is 0 Å². The van der Waals surface area contributed by atoms with Crippen LogP contribution in [0.2, 0.25) is 0 Å². The van der Waals surface area contributed by atoms with Crippen molar-refractivity contribution in [2.45, 2.75) is 46.1 Å². The van der Waals surface area contributed by atoms with Gasteiger partial charge in [0.2, 0.25) is 0 Å². The van der Waals surface area contributed by atoms with Gasteiger partial charge >= 0.3 is 0 Å². The largest absolute Gasteiger partial charge is 0.392 e. The monoisotopic (exact) mass is 217 g/mol. The molecule has 92 valence electrons. The highest BCUT2D eigenvalue weighted by Gasteiger charge is 2.05. The predicted molar refractivity (Wildman–Crippen MR) is 64.1 cm³/mol. The second kappa shape index (κ2) is 10.4. The second-order valence-electron chi connectivity index (χ2n) is 4.45. The Morgan fingerprint density at radius 3 is 2.60 bits per heavy atom. The Morgan fingerprint density at radius 2 is 2.00 bits per heavy atom. The van der Waals surface area contributed by atoms with Gasteiger partial charge in [0.25, 0.3) is 0 Å². The van der Waals surface area contributed by atoms with Crippen LogP contribution in [0.5, 0.6) is 0 Å². The van der Waals surface area contributed by atoms with Gasteiger partial charge in [0, 0.05) is 19.7 Å². The van der Waals surface area contributed by atoms with E-state index in [0.29, 0.717) is 12.5 Å². The first-order valence-electron chi connectivity index (χ1n) is 6.13. The molecule has 3 nitrogen and oxygen atoms in total. The summed E-state index contributed by atoms with van der Waals surface area (Å²) < 4.78 is 5.39. The molecule has 1 atom stereocenters. The van der Waals surface area contributed by atoms with Crippen molar-refractivity contribution < 1.29 is 9.84 Å². The SMILES string of the molecule is CCCCOCCNCC(O)CC(C)C. The summed E-state index contributed by atoms with van der Waals surface area (Å²) in [6.07, 6.45) is 2.96. The number of nitrogens with one attached hydrogen (secondary N) is 1. The number of hydrogen-bond acceptors (Lipinski definition) is 3. The smallest absolute Gasteiger partial charge is 0.0667 e. The van der Waals surface area contributed by atoms with Crippen LogP contribution in [0.3, 0.4) is 0 Å². The van der Waals surface area contributed by atoms with Crippen LogP contribution >= 0.6 is 0 Å². The highest BCUT2D eigenvalue weighted by molar-refractivity contribution is 4.61. The standard InChI is InChI=1S/C12H27NO2/c1-4-5-7-15-8-6-13-10-12(14)9-11(2)3/h11-14H,4-10H2,1-3H3. The van der Waals surface area contributed by atoms with Gasteiger partial charge in [0.05, 0.1) is 12.7 Å². The molecule has 0 aliphatic carbocycles. The van der Waals surface area contributed by atoms with Crippen molar-refractivity contribution >= 4 is 0 Å². The minimum absolute atomic E-state index is 0.222. The molecule has 15 heavy (non-hydrogen) atoms. The van der Waals surface area contributed by atoms with Crippen LogP contribution < -0.4 is 5.32 Å². The quantitative estimate of drug-likeness (QED) is 0.548. The van der Waals surface area contributed by atoms with E-state index < -0.39 is 0 Å². The number of hydrogen-bond donors (Lipinski definition) is 2. The molecule has 0 saturated heterocycles. The Kier molecular flexibility index (Phi) is 10.3. The van der Waals surface area contributed by atoms with E-state index in [1.807, 2.05) is 0 Å². The molecule has 0 aromatic carbocycles. The van der Waals surface area contributed by atoms with Crippen LogP contribution in [0.4, 0.5) is 0 Å². The van der Waals surface area contributed by atoms with Crippen LogP contribution in [0.1, 0.15) is 40.0 Å². The molecule has 0 aliphatic heterocycles. The van der Waals surface area contributed by atoms with Crippen LogP contribution in [0.25, 0.3) is 0 Å². The molecule has 0 aromatic heterocycles. The highest BCUT2D eigenvalue weighted by atomic mass is 16.5. The van der Waals surface area contributed by atoms with Gasteiger partial charge in [-0.3, -0.25) is 0 Å². The van der Waals surface area contributed by atoms with Gasteiger partial charge in [-0.15, -0.1) is 0 Å². The lowest BCUT2D eigenvalue weighted by Gasteiger charge is -2.13. The molecule has 0 aliphatic rings. The molecule has 0 rings (SSSR count). The van der Waals surface area contributed by atoms with Gasteiger partial charge in [-0.25, -0.2) is 0 Å². The molecule has 0 fully saturated rings. The number of unbranched alkanes of at least 4 members (excludes halogenated alkanes) is 1. The average Bonchev–Trinajstić information content (AvgIpc) is 2.15. The number of aliphatic hydroxyl groups excluding tert-OH is 1. The molecular weight excluding hydrogens is 190 g/mol. The van der Waals surface area contributed by atoms with Gasteiger partial charge < -0.3 is 15.2 Å². The van der Waals surface area contributed by atoms with Crippen molar-refractivity contribution in [1.29, 1.82) is 0 Å². The molecule has 0 radical (unpaired) electrons. The molecule has 0 bridgehead atoms. The van der Waals surface area contributed by atoms with Crippen molar-refractivity contribution in [1.82, 2.24) is 5.32 Å². The highest BCUT2D eigenvalue weighted by Crippen LogP contribution is 2.02. The van der Waals surface area contributed by atoms with Crippen LogP contribution in [0.15, 0.2) is 0 Å². The molecular formula is C12H27NO2. The molecule has 0 spiro atoms. The zero-order valence-electron chi connectivity index (χ0n) is 10.5. The maximum Gasteiger partial charge on any atom is 0.0667 e. The van der Waals surface area contributed by atoms with Crippen molar-refractivity contribution in [2.75, 3.05) is 26.3 Å². The van der Waals surface area contributed by atoms with E-state index >= 15 is 0 Å². The van der Waals surface area contributed by atoms with Gasteiger partial charge in [-0.05, 0) is 18.8 Å². The number of aliphatic hydroxyl groups is 1. The molecule has 0 aromatic rings. The van der Waals surface area contributed by atoms with E-state index in [1.165, 1.54) is 6.42 Å². The molecule has 3 heteroatoms. The van der Waals surface area contributed by atoms with E-state index in [1.54, 1.807) is 0 Å². The average molecular weight is 217 g/mol. The summed E-state index contributed by atoms with van der Waals surface area (Å²) in [5.41, 5.74) is 0. The fourth-order valence-electron chi connectivity index (χ4n) is 1.39. The summed E-state index contributed by atoms with van der Waals surface area (Å²) in [5.74, 6) is 0.558. The Labute approximate surface area is 94.2 Å². The van der Waals surface area contributed by atoms with Crippen LogP contribution in [0, 0.1) is 5.92 Å². The summed E-state index contributed by atoms with van der Waals surface area (Å²) in [7, 11) is 0. The summed E-state index contributed by atoms with van der Waals surface area (Å²) in [6, 6.07) is 0. The molecule has 0 amide bonds. The lowest BCUT2D eigenvalue weighted by molar-refractivity contribution is 0.120. The van der Waals surface area contributed by atoms with Crippen LogP contribution in [-0.2, 0) is 4.74 Å². The summed E-state index contributed by atoms with van der Waals surface area (Å²) in [6.45, 7) is 9.51. The zero-order valence-corrected chi connectivity index (χ0v) is 10.5. The van der Waals surface area contributed by atoms with E-state index in [2.05, 4.69) is 26.1 Å². The number of rotatable bonds is 10.